The summed E-state index contributed by atoms with van der Waals surface area (Å²) in [5.74, 6) is -0.265. The van der Waals surface area contributed by atoms with Crippen LogP contribution in [0.1, 0.15) is 56.2 Å². The maximum atomic E-state index is 12.3. The summed E-state index contributed by atoms with van der Waals surface area (Å²) < 4.78 is 2.98. The lowest BCUT2D eigenvalue weighted by molar-refractivity contribution is 0.0955. The smallest absolute Gasteiger partial charge is 0.271 e. The van der Waals surface area contributed by atoms with Crippen LogP contribution in [0, 0.1) is 25.2 Å². The van der Waals surface area contributed by atoms with E-state index in [2.05, 4.69) is 37.1 Å². The molecule has 5 nitrogen and oxygen atoms in total. The summed E-state index contributed by atoms with van der Waals surface area (Å²) in [6.45, 7) is 4.05. The molecule has 2 heterocycles. The van der Waals surface area contributed by atoms with Crippen LogP contribution in [0.2, 0.25) is 0 Å². The maximum Gasteiger partial charge on any atom is 0.271 e. The lowest BCUT2D eigenvalue weighted by Crippen LogP contribution is -2.17. The molecule has 30 heavy (non-hydrogen) atoms. The molecule has 152 valence electrons. The summed E-state index contributed by atoms with van der Waals surface area (Å²) in [4.78, 5) is 13.6. The summed E-state index contributed by atoms with van der Waals surface area (Å²) in [5.41, 5.74) is 8.12. The molecule has 1 aliphatic rings. The van der Waals surface area contributed by atoms with Crippen LogP contribution in [0.5, 0.6) is 0 Å². The van der Waals surface area contributed by atoms with Gasteiger partial charge in [0.25, 0.3) is 5.91 Å². The molecular formula is C23H21BrN4OS. The van der Waals surface area contributed by atoms with E-state index in [-0.39, 0.29) is 5.91 Å². The number of nitriles is 1. The van der Waals surface area contributed by atoms with Crippen molar-refractivity contribution in [1.82, 2.24) is 9.99 Å². The Morgan fingerprint density at radius 1 is 1.30 bits per heavy atom. The Morgan fingerprint density at radius 3 is 2.87 bits per heavy atom. The molecule has 0 spiro atoms. The van der Waals surface area contributed by atoms with E-state index in [0.717, 1.165) is 51.3 Å². The third kappa shape index (κ3) is 3.85. The van der Waals surface area contributed by atoms with E-state index in [9.17, 15) is 10.1 Å². The first-order valence-corrected chi connectivity index (χ1v) is 11.4. The largest absolute Gasteiger partial charge is 0.308 e. The molecule has 0 radical (unpaired) electrons. The second-order valence-electron chi connectivity index (χ2n) is 7.37. The summed E-state index contributed by atoms with van der Waals surface area (Å²) in [6, 6.07) is 11.6. The van der Waals surface area contributed by atoms with E-state index < -0.39 is 0 Å². The molecular weight excluding hydrogens is 460 g/mol. The van der Waals surface area contributed by atoms with Gasteiger partial charge in [0.1, 0.15) is 11.1 Å². The van der Waals surface area contributed by atoms with Gasteiger partial charge >= 0.3 is 0 Å². The highest BCUT2D eigenvalue weighted by atomic mass is 79.9. The number of carbonyl (C=O) groups excluding carboxylic acids is 1. The number of nitrogens with zero attached hydrogens (tertiary/aromatic N) is 3. The van der Waals surface area contributed by atoms with Crippen molar-refractivity contribution < 1.29 is 4.79 Å². The number of fused-ring (bicyclic) bond motifs is 1. The molecule has 0 saturated heterocycles. The second-order valence-corrected chi connectivity index (χ2v) is 9.37. The summed E-state index contributed by atoms with van der Waals surface area (Å²) in [7, 11) is 0. The zero-order chi connectivity index (χ0) is 21.3. The van der Waals surface area contributed by atoms with E-state index in [0.29, 0.717) is 5.56 Å². The Labute approximate surface area is 188 Å². The second kappa shape index (κ2) is 8.58. The Kier molecular flexibility index (Phi) is 5.89. The predicted molar refractivity (Wildman–Crippen MR) is 124 cm³/mol. The molecule has 0 unspecified atom stereocenters. The standard InChI is InChI=1S/C23H21BrN4OS/c1-14-10-17(13-26-27-22(29)16-6-5-7-18(24)11-16)15(2)28(14)23-20(12-25)19-8-3-4-9-21(19)30-23/h5-7,10-11,13H,3-4,8-9H2,1-2H3,(H,27,29)/b26-13+. The van der Waals surface area contributed by atoms with Gasteiger partial charge in [0.05, 0.1) is 11.8 Å². The molecule has 0 atom stereocenters. The van der Waals surface area contributed by atoms with Gasteiger partial charge in [0.15, 0.2) is 0 Å². The average molecular weight is 481 g/mol. The third-order valence-electron chi connectivity index (χ3n) is 5.39. The van der Waals surface area contributed by atoms with Gasteiger partial charge in [-0.15, -0.1) is 11.3 Å². The van der Waals surface area contributed by atoms with Crippen LogP contribution in [0.3, 0.4) is 0 Å². The van der Waals surface area contributed by atoms with Crippen molar-refractivity contribution >= 4 is 39.4 Å². The molecule has 1 amide bonds. The minimum absolute atomic E-state index is 0.265. The van der Waals surface area contributed by atoms with Crippen LogP contribution in [-0.4, -0.2) is 16.7 Å². The number of hydrogen-bond acceptors (Lipinski definition) is 4. The first-order valence-electron chi connectivity index (χ1n) is 9.82. The number of hydrogen-bond donors (Lipinski definition) is 1. The van der Waals surface area contributed by atoms with Crippen molar-refractivity contribution in [2.75, 3.05) is 0 Å². The van der Waals surface area contributed by atoms with Crippen molar-refractivity contribution in [1.29, 1.82) is 5.26 Å². The average Bonchev–Trinajstić information content (AvgIpc) is 3.23. The van der Waals surface area contributed by atoms with E-state index in [1.165, 1.54) is 16.9 Å². The Bertz CT molecular complexity index is 1200. The van der Waals surface area contributed by atoms with Crippen LogP contribution in [0.25, 0.3) is 5.00 Å². The molecule has 7 heteroatoms. The Morgan fingerprint density at radius 2 is 2.10 bits per heavy atom. The Balaban J connectivity index is 1.60. The van der Waals surface area contributed by atoms with Gasteiger partial charge in [0.2, 0.25) is 0 Å². The SMILES string of the molecule is Cc1cc(/C=N/NC(=O)c2cccc(Br)c2)c(C)n1-c1sc2c(c1C#N)CCCC2. The summed E-state index contributed by atoms with van der Waals surface area (Å²) in [5, 5.41) is 15.0. The van der Waals surface area contributed by atoms with E-state index in [1.807, 2.05) is 32.0 Å². The zero-order valence-corrected chi connectivity index (χ0v) is 19.2. The number of halogens is 1. The normalized spacial score (nSPS) is 13.3. The lowest BCUT2D eigenvalue weighted by atomic mass is 9.96. The number of carbonyl (C=O) groups is 1. The molecule has 0 bridgehead atoms. The highest BCUT2D eigenvalue weighted by Crippen LogP contribution is 2.38. The van der Waals surface area contributed by atoms with Crippen molar-refractivity contribution in [2.45, 2.75) is 39.5 Å². The maximum absolute atomic E-state index is 12.3. The van der Waals surface area contributed by atoms with Gasteiger partial charge in [-0.05, 0) is 69.4 Å². The third-order valence-corrected chi connectivity index (χ3v) is 7.16. The topological polar surface area (TPSA) is 70.2 Å². The Hall–Kier alpha value is -2.69. The highest BCUT2D eigenvalue weighted by molar-refractivity contribution is 9.10. The quantitative estimate of drug-likeness (QED) is 0.399. The lowest BCUT2D eigenvalue weighted by Gasteiger charge is -2.10. The molecule has 2 aromatic heterocycles. The van der Waals surface area contributed by atoms with E-state index in [1.54, 1.807) is 29.7 Å². The van der Waals surface area contributed by atoms with Crippen LogP contribution in [-0.2, 0) is 12.8 Å². The predicted octanol–water partition coefficient (Wildman–Crippen LogP) is 5.43. The van der Waals surface area contributed by atoms with Gasteiger partial charge in [0, 0.05) is 31.9 Å². The minimum atomic E-state index is -0.265. The highest BCUT2D eigenvalue weighted by Gasteiger charge is 2.23. The van der Waals surface area contributed by atoms with Gasteiger partial charge < -0.3 is 4.57 Å². The molecule has 0 saturated carbocycles. The van der Waals surface area contributed by atoms with Crippen LogP contribution < -0.4 is 5.43 Å². The number of aryl methyl sites for hydroxylation is 2. The number of hydrazone groups is 1. The van der Waals surface area contributed by atoms with Crippen molar-refractivity contribution in [3.05, 3.63) is 73.3 Å². The molecule has 0 fully saturated rings. The fraction of sp³-hybridized carbons (Fsp3) is 0.261. The summed E-state index contributed by atoms with van der Waals surface area (Å²) in [6.07, 6.45) is 6.05. The molecule has 1 aromatic carbocycles. The van der Waals surface area contributed by atoms with Gasteiger partial charge in [-0.2, -0.15) is 10.4 Å². The monoisotopic (exact) mass is 480 g/mol. The first-order chi connectivity index (χ1) is 14.5. The van der Waals surface area contributed by atoms with Crippen molar-refractivity contribution in [3.8, 4) is 11.1 Å². The number of thiophene rings is 1. The van der Waals surface area contributed by atoms with Crippen LogP contribution in [0.15, 0.2) is 39.9 Å². The molecule has 4 rings (SSSR count). The van der Waals surface area contributed by atoms with Gasteiger partial charge in [-0.1, -0.05) is 22.0 Å². The fourth-order valence-electron chi connectivity index (χ4n) is 3.91. The fourth-order valence-corrected chi connectivity index (χ4v) is 5.76. The first kappa shape index (κ1) is 20.6. The van der Waals surface area contributed by atoms with Crippen LogP contribution >= 0.6 is 27.3 Å². The minimum Gasteiger partial charge on any atom is -0.308 e. The molecule has 1 N–H and O–H groups in total. The van der Waals surface area contributed by atoms with Crippen molar-refractivity contribution in [2.24, 2.45) is 5.10 Å². The number of amides is 1. The zero-order valence-electron chi connectivity index (χ0n) is 16.8. The molecule has 0 aliphatic heterocycles. The molecule has 1 aliphatic carbocycles. The number of rotatable bonds is 4. The van der Waals surface area contributed by atoms with Crippen molar-refractivity contribution in [3.63, 3.8) is 0 Å². The van der Waals surface area contributed by atoms with Gasteiger partial charge in [-0.25, -0.2) is 5.43 Å². The number of benzene rings is 1. The van der Waals surface area contributed by atoms with Gasteiger partial charge in [-0.3, -0.25) is 4.79 Å². The van der Waals surface area contributed by atoms with E-state index in [4.69, 9.17) is 0 Å². The number of nitrogens with one attached hydrogen (secondary N) is 1. The van der Waals surface area contributed by atoms with E-state index >= 15 is 0 Å². The van der Waals surface area contributed by atoms with Crippen LogP contribution in [0.4, 0.5) is 0 Å². The number of aromatic nitrogens is 1. The molecule has 3 aromatic rings. The summed E-state index contributed by atoms with van der Waals surface area (Å²) >= 11 is 5.10.